The Hall–Kier alpha value is -1.15. The number of piperidine rings is 1. The van der Waals surface area contributed by atoms with Gasteiger partial charge in [0.25, 0.3) is 0 Å². The highest BCUT2D eigenvalue weighted by atomic mass is 35.5. The van der Waals surface area contributed by atoms with Gasteiger partial charge in [0, 0.05) is 32.2 Å². The van der Waals surface area contributed by atoms with Crippen molar-refractivity contribution in [2.75, 3.05) is 32.7 Å². The number of halogens is 1. The molecule has 2 saturated heterocycles. The molecule has 2 aliphatic rings. The summed E-state index contributed by atoms with van der Waals surface area (Å²) >= 11 is 0. The van der Waals surface area contributed by atoms with Crippen LogP contribution in [0.3, 0.4) is 0 Å². The van der Waals surface area contributed by atoms with Crippen LogP contribution in [0.5, 0.6) is 0 Å². The first kappa shape index (κ1) is 20.2. The Kier molecular flexibility index (Phi) is 6.48. The number of aryl methyl sites for hydroxylation is 2. The van der Waals surface area contributed by atoms with Crippen molar-refractivity contribution in [1.82, 2.24) is 14.5 Å². The molecule has 0 bridgehead atoms. The smallest absolute Gasteiger partial charge is 0.243 e. The van der Waals surface area contributed by atoms with Gasteiger partial charge in [0.1, 0.15) is 0 Å². The van der Waals surface area contributed by atoms with Gasteiger partial charge in [-0.2, -0.15) is 4.31 Å². The van der Waals surface area contributed by atoms with Gasteiger partial charge in [-0.25, -0.2) is 8.42 Å². The second-order valence-electron chi connectivity index (χ2n) is 6.67. The summed E-state index contributed by atoms with van der Waals surface area (Å²) in [6.07, 6.45) is 1.65. The van der Waals surface area contributed by atoms with Crippen LogP contribution >= 0.6 is 12.4 Å². The standard InChI is InChI=1S/C17H25N3O3S.ClH/c1-13-5-6-16(10-14(13)2)24(22,23)19-8-3-4-15(12-19)20-9-7-18-11-17(20)21;/h5-6,10,15,18H,3-4,7-9,11-12H2,1-2H3;1H. The number of carbonyl (C=O) groups excluding carboxylic acids is 1. The second kappa shape index (κ2) is 8.03. The first-order chi connectivity index (χ1) is 11.4. The maximum atomic E-state index is 13.0. The quantitative estimate of drug-likeness (QED) is 0.849. The van der Waals surface area contributed by atoms with Gasteiger partial charge in [0.05, 0.1) is 11.4 Å². The largest absolute Gasteiger partial charge is 0.336 e. The van der Waals surface area contributed by atoms with E-state index in [-0.39, 0.29) is 24.4 Å². The average Bonchev–Trinajstić information content (AvgIpc) is 2.58. The molecule has 3 rings (SSSR count). The molecule has 0 aromatic heterocycles. The third-order valence-electron chi connectivity index (χ3n) is 5.04. The molecule has 1 unspecified atom stereocenters. The number of rotatable bonds is 3. The Balaban J connectivity index is 0.00000225. The minimum absolute atomic E-state index is 0. The summed E-state index contributed by atoms with van der Waals surface area (Å²) in [6.45, 7) is 6.58. The van der Waals surface area contributed by atoms with Crippen molar-refractivity contribution in [3.05, 3.63) is 29.3 Å². The van der Waals surface area contributed by atoms with E-state index in [2.05, 4.69) is 5.32 Å². The van der Waals surface area contributed by atoms with Gasteiger partial charge in [0.15, 0.2) is 0 Å². The number of nitrogens with zero attached hydrogens (tertiary/aromatic N) is 2. The number of amides is 1. The molecule has 0 aliphatic carbocycles. The van der Waals surface area contributed by atoms with E-state index in [4.69, 9.17) is 0 Å². The SMILES string of the molecule is Cc1ccc(S(=O)(=O)N2CCCC(N3CCNCC3=O)C2)cc1C.Cl. The van der Waals surface area contributed by atoms with Crippen molar-refractivity contribution in [2.24, 2.45) is 0 Å². The first-order valence-corrected chi connectivity index (χ1v) is 9.91. The molecule has 2 heterocycles. The van der Waals surface area contributed by atoms with Crippen LogP contribution in [0.15, 0.2) is 23.1 Å². The van der Waals surface area contributed by atoms with Crippen molar-refractivity contribution in [1.29, 1.82) is 0 Å². The Labute approximate surface area is 156 Å². The van der Waals surface area contributed by atoms with Gasteiger partial charge in [-0.1, -0.05) is 6.07 Å². The van der Waals surface area contributed by atoms with Crippen molar-refractivity contribution < 1.29 is 13.2 Å². The molecule has 2 aliphatic heterocycles. The van der Waals surface area contributed by atoms with Gasteiger partial charge >= 0.3 is 0 Å². The van der Waals surface area contributed by atoms with E-state index in [0.29, 0.717) is 31.1 Å². The molecule has 140 valence electrons. The zero-order valence-electron chi connectivity index (χ0n) is 14.7. The maximum absolute atomic E-state index is 13.0. The van der Waals surface area contributed by atoms with Crippen LogP contribution in [0.25, 0.3) is 0 Å². The molecular formula is C17H26ClN3O3S. The first-order valence-electron chi connectivity index (χ1n) is 8.47. The van der Waals surface area contributed by atoms with Crippen molar-refractivity contribution >= 4 is 28.3 Å². The lowest BCUT2D eigenvalue weighted by Gasteiger charge is -2.40. The third-order valence-corrected chi connectivity index (χ3v) is 6.90. The minimum atomic E-state index is -3.51. The Morgan fingerprint density at radius 2 is 1.92 bits per heavy atom. The number of sulfonamides is 1. The molecule has 2 fully saturated rings. The van der Waals surface area contributed by atoms with Gasteiger partial charge in [-0.05, 0) is 49.9 Å². The van der Waals surface area contributed by atoms with Crippen molar-refractivity contribution in [2.45, 2.75) is 37.6 Å². The number of benzene rings is 1. The van der Waals surface area contributed by atoms with Gasteiger partial charge in [0.2, 0.25) is 15.9 Å². The third kappa shape index (κ3) is 4.16. The Bertz CT molecular complexity index is 739. The maximum Gasteiger partial charge on any atom is 0.243 e. The number of carbonyl (C=O) groups is 1. The van der Waals surface area contributed by atoms with Crippen molar-refractivity contribution in [3.63, 3.8) is 0 Å². The lowest BCUT2D eigenvalue weighted by molar-refractivity contribution is -0.135. The summed E-state index contributed by atoms with van der Waals surface area (Å²) in [5, 5.41) is 3.06. The molecule has 0 saturated carbocycles. The van der Waals surface area contributed by atoms with Crippen LogP contribution in [-0.2, 0) is 14.8 Å². The summed E-state index contributed by atoms with van der Waals surface area (Å²) in [7, 11) is -3.51. The van der Waals surface area contributed by atoms with E-state index in [1.165, 1.54) is 0 Å². The second-order valence-corrected chi connectivity index (χ2v) is 8.61. The number of nitrogens with one attached hydrogen (secondary N) is 1. The van der Waals surface area contributed by atoms with Gasteiger partial charge < -0.3 is 10.2 Å². The molecule has 0 radical (unpaired) electrons. The fourth-order valence-corrected chi connectivity index (χ4v) is 5.03. The van der Waals surface area contributed by atoms with Crippen LogP contribution in [0.4, 0.5) is 0 Å². The molecule has 1 aromatic carbocycles. The summed E-state index contributed by atoms with van der Waals surface area (Å²) in [6, 6.07) is 5.25. The summed E-state index contributed by atoms with van der Waals surface area (Å²) < 4.78 is 27.5. The molecule has 1 atom stereocenters. The van der Waals surface area contributed by atoms with Gasteiger partial charge in [-0.15, -0.1) is 12.4 Å². The van der Waals surface area contributed by atoms with Crippen LogP contribution < -0.4 is 5.32 Å². The molecule has 6 nitrogen and oxygen atoms in total. The number of hydrogen-bond acceptors (Lipinski definition) is 4. The van der Waals surface area contributed by atoms with Crippen LogP contribution in [0, 0.1) is 13.8 Å². The highest BCUT2D eigenvalue weighted by Gasteiger charge is 2.35. The highest BCUT2D eigenvalue weighted by molar-refractivity contribution is 7.89. The van der Waals surface area contributed by atoms with Gasteiger partial charge in [-0.3, -0.25) is 4.79 Å². The average molecular weight is 388 g/mol. The Morgan fingerprint density at radius 3 is 2.60 bits per heavy atom. The predicted molar refractivity (Wildman–Crippen MR) is 99.5 cm³/mol. The molecule has 1 amide bonds. The molecule has 8 heteroatoms. The number of hydrogen-bond donors (Lipinski definition) is 1. The van der Waals surface area contributed by atoms with E-state index in [9.17, 15) is 13.2 Å². The monoisotopic (exact) mass is 387 g/mol. The summed E-state index contributed by atoms with van der Waals surface area (Å²) in [5.41, 5.74) is 2.05. The van der Waals surface area contributed by atoms with Crippen LogP contribution in [-0.4, -0.2) is 62.3 Å². The molecule has 1 N–H and O–H groups in total. The van der Waals surface area contributed by atoms with E-state index < -0.39 is 10.0 Å². The van der Waals surface area contributed by atoms with E-state index in [1.807, 2.05) is 24.8 Å². The van der Waals surface area contributed by atoms with E-state index >= 15 is 0 Å². The molecule has 1 aromatic rings. The van der Waals surface area contributed by atoms with Crippen LogP contribution in [0.2, 0.25) is 0 Å². The van der Waals surface area contributed by atoms with E-state index in [1.54, 1.807) is 16.4 Å². The topological polar surface area (TPSA) is 69.7 Å². The normalized spacial score (nSPS) is 22.6. The highest BCUT2D eigenvalue weighted by Crippen LogP contribution is 2.25. The van der Waals surface area contributed by atoms with Crippen LogP contribution in [0.1, 0.15) is 24.0 Å². The fourth-order valence-electron chi connectivity index (χ4n) is 3.42. The minimum Gasteiger partial charge on any atom is -0.336 e. The summed E-state index contributed by atoms with van der Waals surface area (Å²) in [5.74, 6) is 0.0664. The lowest BCUT2D eigenvalue weighted by Crippen LogP contribution is -2.57. The predicted octanol–water partition coefficient (Wildman–Crippen LogP) is 1.31. The molecule has 0 spiro atoms. The molecular weight excluding hydrogens is 362 g/mol. The fraction of sp³-hybridized carbons (Fsp3) is 0.588. The zero-order valence-corrected chi connectivity index (χ0v) is 16.3. The van der Waals surface area contributed by atoms with E-state index in [0.717, 1.165) is 30.5 Å². The number of piperazine rings is 1. The Morgan fingerprint density at radius 1 is 1.16 bits per heavy atom. The molecule has 25 heavy (non-hydrogen) atoms. The summed E-state index contributed by atoms with van der Waals surface area (Å²) in [4.78, 5) is 14.3. The zero-order chi connectivity index (χ0) is 17.3. The van der Waals surface area contributed by atoms with Crippen molar-refractivity contribution in [3.8, 4) is 0 Å². The lowest BCUT2D eigenvalue weighted by atomic mass is 10.1.